The van der Waals surface area contributed by atoms with Gasteiger partial charge in [0, 0.05) is 20.3 Å². The molecule has 0 bridgehead atoms. The van der Waals surface area contributed by atoms with Crippen LogP contribution in [0.3, 0.4) is 0 Å². The smallest absolute Gasteiger partial charge is 0.399 e. The van der Waals surface area contributed by atoms with E-state index in [-0.39, 0.29) is 29.1 Å². The summed E-state index contributed by atoms with van der Waals surface area (Å²) < 4.78 is 19.7. The average molecular weight is 491 g/mol. The van der Waals surface area contributed by atoms with E-state index in [1.807, 2.05) is 0 Å². The molecule has 1 amide bonds. The van der Waals surface area contributed by atoms with Crippen LogP contribution in [0, 0.1) is 5.92 Å². The molecule has 10 heteroatoms. The lowest BCUT2D eigenvalue weighted by molar-refractivity contribution is -0.129. The van der Waals surface area contributed by atoms with Crippen molar-refractivity contribution in [3.63, 3.8) is 0 Å². The number of amides is 1. The first-order valence-corrected chi connectivity index (χ1v) is 12.4. The van der Waals surface area contributed by atoms with Gasteiger partial charge in [-0.05, 0) is 64.4 Å². The fourth-order valence-electron chi connectivity index (χ4n) is 4.57. The molecule has 1 saturated heterocycles. The predicted molar refractivity (Wildman–Crippen MR) is 136 cm³/mol. The van der Waals surface area contributed by atoms with Crippen LogP contribution in [0.2, 0.25) is 0 Å². The molecular weight excluding hydrogens is 457 g/mol. The number of carbonyl (C=O) groups is 1. The van der Waals surface area contributed by atoms with E-state index in [0.717, 1.165) is 23.9 Å². The predicted octanol–water partition coefficient (Wildman–Crippen LogP) is 3.04. The zero-order chi connectivity index (χ0) is 25.9. The molecule has 190 valence electrons. The molecule has 1 aliphatic heterocycles. The van der Waals surface area contributed by atoms with E-state index in [1.54, 1.807) is 31.2 Å². The van der Waals surface area contributed by atoms with Gasteiger partial charge in [0.2, 0.25) is 5.91 Å². The van der Waals surface area contributed by atoms with Gasteiger partial charge in [0.25, 0.3) is 5.89 Å². The summed E-state index contributed by atoms with van der Waals surface area (Å²) in [5.74, 6) is 1.45. The third-order valence-electron chi connectivity index (χ3n) is 8.00. The van der Waals surface area contributed by atoms with Crippen molar-refractivity contribution in [2.24, 2.45) is 5.92 Å². The Hall–Kier alpha value is -2.98. The summed E-state index contributed by atoms with van der Waals surface area (Å²) >= 11 is 0. The molecule has 0 radical (unpaired) electrons. The molecule has 1 atom stereocenters. The average Bonchev–Trinajstić information content (AvgIpc) is 3.29. The first-order chi connectivity index (χ1) is 16.9. The SMILES string of the molecule is CN(C)C(=O)Cn1cc(-c2nc(C(C)(c3ccc(B4OC(C)(C)C(C)(C)O4)cc3)C3CC3)no2)cn1. The molecule has 3 aromatic rings. The molecule has 3 heterocycles. The monoisotopic (exact) mass is 491 g/mol. The van der Waals surface area contributed by atoms with Crippen LogP contribution in [0.4, 0.5) is 0 Å². The zero-order valence-electron chi connectivity index (χ0n) is 22.1. The standard InChI is InChI=1S/C26H34BN5O4/c1-24(2)25(3,4)36-27(35-24)20-12-10-19(11-13-20)26(5,18-8-9-18)23-29-22(34-30-23)17-14-28-32(15-17)16-21(33)31(6)7/h10-15,18H,8-9,16H2,1-7H3. The third kappa shape index (κ3) is 4.26. The van der Waals surface area contributed by atoms with Crippen molar-refractivity contribution < 1.29 is 18.6 Å². The molecule has 1 aromatic carbocycles. The second-order valence-corrected chi connectivity index (χ2v) is 11.3. The maximum Gasteiger partial charge on any atom is 0.494 e. The Morgan fingerprint density at radius 2 is 1.78 bits per heavy atom. The zero-order valence-corrected chi connectivity index (χ0v) is 22.1. The summed E-state index contributed by atoms with van der Waals surface area (Å²) in [6.07, 6.45) is 5.63. The minimum absolute atomic E-state index is 0.0406. The van der Waals surface area contributed by atoms with Crippen molar-refractivity contribution in [1.29, 1.82) is 0 Å². The molecule has 1 unspecified atom stereocenters. The van der Waals surface area contributed by atoms with Gasteiger partial charge in [-0.25, -0.2) is 0 Å². The quantitative estimate of drug-likeness (QED) is 0.469. The Balaban J connectivity index is 1.38. The molecule has 0 N–H and O–H groups in total. The highest BCUT2D eigenvalue weighted by atomic mass is 16.7. The van der Waals surface area contributed by atoms with Gasteiger partial charge in [-0.3, -0.25) is 9.48 Å². The third-order valence-corrected chi connectivity index (χ3v) is 8.00. The van der Waals surface area contributed by atoms with E-state index in [9.17, 15) is 4.79 Å². The Kier molecular flexibility index (Phi) is 5.87. The molecule has 2 fully saturated rings. The van der Waals surface area contributed by atoms with Crippen LogP contribution in [0.25, 0.3) is 11.5 Å². The highest BCUT2D eigenvalue weighted by Gasteiger charge is 2.52. The maximum atomic E-state index is 12.0. The van der Waals surface area contributed by atoms with Crippen molar-refractivity contribution in [3.05, 3.63) is 48.0 Å². The molecule has 2 aromatic heterocycles. The topological polar surface area (TPSA) is 95.5 Å². The first-order valence-electron chi connectivity index (χ1n) is 12.4. The Morgan fingerprint density at radius 1 is 1.14 bits per heavy atom. The Morgan fingerprint density at radius 3 is 2.36 bits per heavy atom. The van der Waals surface area contributed by atoms with Crippen LogP contribution in [-0.4, -0.2) is 63.1 Å². The lowest BCUT2D eigenvalue weighted by Crippen LogP contribution is -2.41. The second-order valence-electron chi connectivity index (χ2n) is 11.3. The van der Waals surface area contributed by atoms with Crippen molar-refractivity contribution in [3.8, 4) is 11.5 Å². The van der Waals surface area contributed by atoms with Gasteiger partial charge in [-0.1, -0.05) is 29.4 Å². The largest absolute Gasteiger partial charge is 0.494 e. The van der Waals surface area contributed by atoms with Crippen LogP contribution in [-0.2, 0) is 26.1 Å². The summed E-state index contributed by atoms with van der Waals surface area (Å²) in [6.45, 7) is 10.6. The molecule has 36 heavy (non-hydrogen) atoms. The summed E-state index contributed by atoms with van der Waals surface area (Å²) in [5, 5.41) is 8.67. The maximum absolute atomic E-state index is 12.0. The van der Waals surface area contributed by atoms with Gasteiger partial charge in [-0.15, -0.1) is 0 Å². The number of hydrogen-bond donors (Lipinski definition) is 0. The second kappa shape index (κ2) is 8.56. The van der Waals surface area contributed by atoms with Crippen LogP contribution in [0.15, 0.2) is 41.2 Å². The van der Waals surface area contributed by atoms with Gasteiger partial charge in [-0.2, -0.15) is 10.1 Å². The van der Waals surface area contributed by atoms with E-state index < -0.39 is 7.12 Å². The van der Waals surface area contributed by atoms with E-state index in [1.165, 1.54) is 4.90 Å². The number of rotatable bonds is 7. The molecular formula is C26H34BN5O4. The fraction of sp³-hybridized carbons (Fsp3) is 0.538. The normalized spacial score (nSPS) is 20.4. The van der Waals surface area contributed by atoms with Crippen molar-refractivity contribution >= 4 is 18.5 Å². The van der Waals surface area contributed by atoms with E-state index in [2.05, 4.69) is 69.1 Å². The van der Waals surface area contributed by atoms with Crippen LogP contribution >= 0.6 is 0 Å². The number of likely N-dealkylation sites (N-methyl/N-ethyl adjacent to an activating group) is 1. The van der Waals surface area contributed by atoms with Gasteiger partial charge in [0.05, 0.1) is 28.4 Å². The number of hydrogen-bond acceptors (Lipinski definition) is 7. The highest BCUT2D eigenvalue weighted by molar-refractivity contribution is 6.62. The lowest BCUT2D eigenvalue weighted by Gasteiger charge is -2.32. The summed E-state index contributed by atoms with van der Waals surface area (Å²) in [7, 11) is 3.04. The number of nitrogens with zero attached hydrogens (tertiary/aromatic N) is 5. The molecule has 1 aliphatic carbocycles. The van der Waals surface area contributed by atoms with Crippen LogP contribution < -0.4 is 5.46 Å². The number of benzene rings is 1. The number of carbonyl (C=O) groups excluding carboxylic acids is 1. The molecule has 1 saturated carbocycles. The van der Waals surface area contributed by atoms with Crippen molar-refractivity contribution in [1.82, 2.24) is 24.8 Å². The Labute approximate surface area is 212 Å². The van der Waals surface area contributed by atoms with E-state index >= 15 is 0 Å². The van der Waals surface area contributed by atoms with Gasteiger partial charge in [0.1, 0.15) is 6.54 Å². The minimum atomic E-state index is -0.399. The van der Waals surface area contributed by atoms with Crippen LogP contribution in [0.5, 0.6) is 0 Å². The van der Waals surface area contributed by atoms with Crippen molar-refractivity contribution in [2.45, 2.75) is 70.6 Å². The summed E-state index contributed by atoms with van der Waals surface area (Å²) in [4.78, 5) is 18.3. The molecule has 2 aliphatic rings. The van der Waals surface area contributed by atoms with Gasteiger partial charge >= 0.3 is 7.12 Å². The Bertz CT molecular complexity index is 1250. The lowest BCUT2D eigenvalue weighted by atomic mass is 9.73. The van der Waals surface area contributed by atoms with Crippen molar-refractivity contribution in [2.75, 3.05) is 14.1 Å². The first kappa shape index (κ1) is 24.7. The summed E-state index contributed by atoms with van der Waals surface area (Å²) in [5.41, 5.74) is 1.66. The summed E-state index contributed by atoms with van der Waals surface area (Å²) in [6, 6.07) is 8.40. The minimum Gasteiger partial charge on any atom is -0.399 e. The molecule has 9 nitrogen and oxygen atoms in total. The van der Waals surface area contributed by atoms with Gasteiger partial charge < -0.3 is 18.7 Å². The van der Waals surface area contributed by atoms with Crippen LogP contribution in [0.1, 0.15) is 58.8 Å². The van der Waals surface area contributed by atoms with E-state index in [0.29, 0.717) is 23.2 Å². The molecule has 0 spiro atoms. The molecule has 5 rings (SSSR count). The fourth-order valence-corrected chi connectivity index (χ4v) is 4.57. The highest BCUT2D eigenvalue weighted by Crippen LogP contribution is 2.50. The van der Waals surface area contributed by atoms with E-state index in [4.69, 9.17) is 18.8 Å². The number of aromatic nitrogens is 4. The van der Waals surface area contributed by atoms with Gasteiger partial charge in [0.15, 0.2) is 5.82 Å².